The fourth-order valence-corrected chi connectivity index (χ4v) is 2.88. The molecule has 0 aliphatic carbocycles. The zero-order valence-electron chi connectivity index (χ0n) is 11.2. The fraction of sp³-hybridized carbons (Fsp3) is 0.294. The van der Waals surface area contributed by atoms with Gasteiger partial charge in [-0.05, 0) is 48.2 Å². The van der Waals surface area contributed by atoms with Crippen LogP contribution in [0.1, 0.15) is 30.9 Å². The molecule has 2 heteroatoms. The van der Waals surface area contributed by atoms with Crippen molar-refractivity contribution in [2.24, 2.45) is 0 Å². The maximum Gasteiger partial charge on any atom is 0.0474 e. The quantitative estimate of drug-likeness (QED) is 0.595. The van der Waals surface area contributed by atoms with Crippen molar-refractivity contribution in [3.63, 3.8) is 0 Å². The lowest BCUT2D eigenvalue weighted by molar-refractivity contribution is 0.794. The van der Waals surface area contributed by atoms with Crippen LogP contribution < -0.4 is 0 Å². The van der Waals surface area contributed by atoms with Crippen LogP contribution in [0.4, 0.5) is 0 Å². The van der Waals surface area contributed by atoms with E-state index >= 15 is 0 Å². The summed E-state index contributed by atoms with van der Waals surface area (Å²) in [6.07, 6.45) is 3.71. The number of rotatable bonds is 6. The molecule has 0 saturated heterocycles. The second kappa shape index (κ2) is 7.62. The molecule has 0 saturated carbocycles. The summed E-state index contributed by atoms with van der Waals surface area (Å²) >= 11 is 7.59. The van der Waals surface area contributed by atoms with E-state index < -0.39 is 0 Å². The van der Waals surface area contributed by atoms with Gasteiger partial charge < -0.3 is 0 Å². The number of benzene rings is 2. The zero-order chi connectivity index (χ0) is 13.5. The highest BCUT2D eigenvalue weighted by Gasteiger charge is 1.99. The molecule has 0 N–H and O–H groups in total. The molecule has 0 aliphatic heterocycles. The van der Waals surface area contributed by atoms with Crippen LogP contribution in [-0.2, 0) is 12.3 Å². The Morgan fingerprint density at radius 2 is 1.37 bits per heavy atom. The molecule has 0 unspecified atom stereocenters. The molecule has 0 atom stereocenters. The summed E-state index contributed by atoms with van der Waals surface area (Å²) in [5.74, 6) is 0.580. The van der Waals surface area contributed by atoms with Gasteiger partial charge in [-0.1, -0.05) is 49.4 Å². The molecule has 0 radical (unpaired) electrons. The van der Waals surface area contributed by atoms with Crippen LogP contribution in [0.3, 0.4) is 0 Å². The highest BCUT2D eigenvalue weighted by atomic mass is 35.5. The van der Waals surface area contributed by atoms with Crippen molar-refractivity contribution in [1.29, 1.82) is 0 Å². The Morgan fingerprint density at radius 1 is 0.842 bits per heavy atom. The number of hydrogen-bond acceptors (Lipinski definition) is 1. The largest absolute Gasteiger partial charge is 0.122 e. The average Bonchev–Trinajstić information content (AvgIpc) is 2.47. The monoisotopic (exact) mass is 290 g/mol. The Labute approximate surface area is 125 Å². The van der Waals surface area contributed by atoms with Gasteiger partial charge in [0.2, 0.25) is 0 Å². The minimum absolute atomic E-state index is 0.580. The third kappa shape index (κ3) is 4.59. The van der Waals surface area contributed by atoms with Crippen molar-refractivity contribution < 1.29 is 0 Å². The number of alkyl halides is 1. The van der Waals surface area contributed by atoms with Crippen LogP contribution in [-0.4, -0.2) is 0 Å². The summed E-state index contributed by atoms with van der Waals surface area (Å²) in [6.45, 7) is 2.23. The Kier molecular flexibility index (Phi) is 5.81. The van der Waals surface area contributed by atoms with E-state index in [4.69, 9.17) is 11.6 Å². The highest BCUT2D eigenvalue weighted by molar-refractivity contribution is 7.99. The molecule has 0 nitrogen and oxygen atoms in total. The predicted octanol–water partition coefficient (Wildman–Crippen LogP) is 5.92. The van der Waals surface area contributed by atoms with Gasteiger partial charge in [0.1, 0.15) is 0 Å². The first-order valence-electron chi connectivity index (χ1n) is 6.73. The van der Waals surface area contributed by atoms with E-state index in [0.717, 1.165) is 0 Å². The molecular weight excluding hydrogens is 272 g/mol. The summed E-state index contributed by atoms with van der Waals surface area (Å²) in [7, 11) is 0. The van der Waals surface area contributed by atoms with E-state index in [2.05, 4.69) is 55.5 Å². The van der Waals surface area contributed by atoms with E-state index in [1.165, 1.54) is 40.2 Å². The Hall–Kier alpha value is -0.920. The van der Waals surface area contributed by atoms with Crippen LogP contribution >= 0.6 is 23.4 Å². The first kappa shape index (κ1) is 14.5. The van der Waals surface area contributed by atoms with Crippen molar-refractivity contribution in [3.8, 4) is 0 Å². The molecule has 0 heterocycles. The first-order valence-corrected chi connectivity index (χ1v) is 8.08. The molecule has 0 fully saturated rings. The zero-order valence-corrected chi connectivity index (χ0v) is 12.8. The molecule has 0 aliphatic rings. The maximum atomic E-state index is 5.79. The van der Waals surface area contributed by atoms with E-state index in [1.807, 2.05) is 0 Å². The molecule has 100 valence electrons. The second-order valence-electron chi connectivity index (χ2n) is 4.63. The molecule has 0 aromatic heterocycles. The summed E-state index contributed by atoms with van der Waals surface area (Å²) in [5, 5.41) is 0. The standard InChI is InChI=1S/C17H19ClS/c1-2-3-4-14-5-9-16(10-6-14)19-17-11-7-15(13-18)8-12-17/h5-12H,2-4,13H2,1H3. The SMILES string of the molecule is CCCCc1ccc(Sc2ccc(CCl)cc2)cc1. The minimum Gasteiger partial charge on any atom is -0.122 e. The Balaban J connectivity index is 1.98. The minimum atomic E-state index is 0.580. The van der Waals surface area contributed by atoms with Gasteiger partial charge in [-0.15, -0.1) is 11.6 Å². The molecule has 2 rings (SSSR count). The molecule has 2 aromatic carbocycles. The van der Waals surface area contributed by atoms with Crippen molar-refractivity contribution in [2.45, 2.75) is 41.9 Å². The van der Waals surface area contributed by atoms with Crippen LogP contribution in [0, 0.1) is 0 Å². The van der Waals surface area contributed by atoms with Gasteiger partial charge in [0.25, 0.3) is 0 Å². The number of aryl methyl sites for hydroxylation is 1. The average molecular weight is 291 g/mol. The van der Waals surface area contributed by atoms with Crippen molar-refractivity contribution >= 4 is 23.4 Å². The van der Waals surface area contributed by atoms with Crippen molar-refractivity contribution in [2.75, 3.05) is 0 Å². The van der Waals surface area contributed by atoms with Crippen LogP contribution in [0.2, 0.25) is 0 Å². The third-order valence-electron chi connectivity index (χ3n) is 3.06. The van der Waals surface area contributed by atoms with Crippen LogP contribution in [0.15, 0.2) is 58.3 Å². The third-order valence-corrected chi connectivity index (χ3v) is 4.38. The van der Waals surface area contributed by atoms with E-state index in [0.29, 0.717) is 5.88 Å². The van der Waals surface area contributed by atoms with E-state index in [9.17, 15) is 0 Å². The van der Waals surface area contributed by atoms with Gasteiger partial charge in [-0.2, -0.15) is 0 Å². The van der Waals surface area contributed by atoms with Gasteiger partial charge in [-0.3, -0.25) is 0 Å². The first-order chi connectivity index (χ1) is 9.31. The topological polar surface area (TPSA) is 0 Å². The van der Waals surface area contributed by atoms with E-state index in [-0.39, 0.29) is 0 Å². The van der Waals surface area contributed by atoms with Crippen molar-refractivity contribution in [3.05, 3.63) is 59.7 Å². The van der Waals surface area contributed by atoms with Crippen molar-refractivity contribution in [1.82, 2.24) is 0 Å². The summed E-state index contributed by atoms with van der Waals surface area (Å²) < 4.78 is 0. The van der Waals surface area contributed by atoms with Gasteiger partial charge in [-0.25, -0.2) is 0 Å². The molecule has 0 bridgehead atoms. The smallest absolute Gasteiger partial charge is 0.0474 e. The van der Waals surface area contributed by atoms with Crippen LogP contribution in [0.25, 0.3) is 0 Å². The highest BCUT2D eigenvalue weighted by Crippen LogP contribution is 2.28. The molecular formula is C17H19ClS. The molecule has 2 aromatic rings. The Morgan fingerprint density at radius 3 is 1.84 bits per heavy atom. The lowest BCUT2D eigenvalue weighted by Gasteiger charge is -2.04. The van der Waals surface area contributed by atoms with Gasteiger partial charge in [0.05, 0.1) is 0 Å². The molecule has 0 spiro atoms. The van der Waals surface area contributed by atoms with Gasteiger partial charge in [0.15, 0.2) is 0 Å². The van der Waals surface area contributed by atoms with Crippen LogP contribution in [0.5, 0.6) is 0 Å². The van der Waals surface area contributed by atoms with Gasteiger partial charge in [0, 0.05) is 15.7 Å². The van der Waals surface area contributed by atoms with E-state index in [1.54, 1.807) is 11.8 Å². The normalized spacial score (nSPS) is 10.6. The lowest BCUT2D eigenvalue weighted by atomic mass is 10.1. The van der Waals surface area contributed by atoms with Gasteiger partial charge >= 0.3 is 0 Å². The molecule has 0 amide bonds. The number of halogens is 1. The fourth-order valence-electron chi connectivity index (χ4n) is 1.89. The summed E-state index contributed by atoms with van der Waals surface area (Å²) in [4.78, 5) is 2.55. The maximum absolute atomic E-state index is 5.79. The number of hydrogen-bond donors (Lipinski definition) is 0. The molecule has 19 heavy (non-hydrogen) atoms. The summed E-state index contributed by atoms with van der Waals surface area (Å²) in [5.41, 5.74) is 2.60. The second-order valence-corrected chi connectivity index (χ2v) is 6.04. The predicted molar refractivity (Wildman–Crippen MR) is 85.2 cm³/mol. The summed E-state index contributed by atoms with van der Waals surface area (Å²) in [6, 6.07) is 17.4. The lowest BCUT2D eigenvalue weighted by Crippen LogP contribution is -1.84. The number of unbranched alkanes of at least 4 members (excludes halogenated alkanes) is 1. The Bertz CT molecular complexity index is 488.